The van der Waals surface area contributed by atoms with Crippen molar-refractivity contribution >= 4 is 24.4 Å². The quantitative estimate of drug-likeness (QED) is 0.175. The molecule has 0 aliphatic rings. The molecule has 1 unspecified atom stereocenters. The molecule has 0 spiro atoms. The highest BCUT2D eigenvalue weighted by Crippen LogP contribution is 2.30. The minimum absolute atomic E-state index is 0.0351. The van der Waals surface area contributed by atoms with Crippen LogP contribution in [0.25, 0.3) is 22.5 Å². The number of H-pyrrole nitrogens is 1. The average Bonchev–Trinajstić information content (AvgIpc) is 3.45. The Kier molecular flexibility index (Phi) is 11.5. The van der Waals surface area contributed by atoms with E-state index in [1.54, 1.807) is 0 Å². The molecule has 9 heteroatoms. The molecule has 210 valence electrons. The normalized spacial score (nSPS) is 12.9. The Morgan fingerprint density at radius 1 is 0.974 bits per heavy atom. The van der Waals surface area contributed by atoms with Crippen LogP contribution in [0.5, 0.6) is 0 Å². The van der Waals surface area contributed by atoms with Crippen LogP contribution in [0.2, 0.25) is 0 Å². The fraction of sp³-hybridized carbons (Fsp3) is 0.500. The molecule has 2 N–H and O–H groups in total. The number of tetrazole rings is 1. The third kappa shape index (κ3) is 8.65. The van der Waals surface area contributed by atoms with E-state index in [0.717, 1.165) is 35.1 Å². The first-order valence-corrected chi connectivity index (χ1v) is 14.5. The molecule has 3 aromatic rings. The molecule has 2 amide bonds. The van der Waals surface area contributed by atoms with E-state index in [1.807, 2.05) is 60.4 Å². The average molecular weight is 551 g/mol. The van der Waals surface area contributed by atoms with Crippen LogP contribution in [0.15, 0.2) is 48.5 Å². The summed E-state index contributed by atoms with van der Waals surface area (Å²) in [6, 6.07) is 16.1. The number of hydrogen-bond donors (Lipinski definition) is 3. The lowest BCUT2D eigenvalue weighted by molar-refractivity contribution is -0.138. The van der Waals surface area contributed by atoms with Crippen molar-refractivity contribution in [3.8, 4) is 22.5 Å². The summed E-state index contributed by atoms with van der Waals surface area (Å²) in [6.45, 7) is 10.9. The Labute approximate surface area is 237 Å². The number of nitrogens with one attached hydrogen (secondary N) is 2. The second kappa shape index (κ2) is 14.8. The topological polar surface area (TPSA) is 104 Å². The highest BCUT2D eigenvalue weighted by molar-refractivity contribution is 7.80. The Morgan fingerprint density at radius 2 is 1.64 bits per heavy atom. The van der Waals surface area contributed by atoms with Crippen LogP contribution in [-0.2, 0) is 16.1 Å². The highest BCUT2D eigenvalue weighted by atomic mass is 32.1. The van der Waals surface area contributed by atoms with Crippen LogP contribution in [-0.4, -0.2) is 49.3 Å². The Morgan fingerprint density at radius 3 is 2.21 bits per heavy atom. The molecule has 39 heavy (non-hydrogen) atoms. The zero-order chi connectivity index (χ0) is 28.4. The smallest absolute Gasteiger partial charge is 0.225 e. The van der Waals surface area contributed by atoms with Gasteiger partial charge in [-0.1, -0.05) is 83.1 Å². The maximum atomic E-state index is 13.4. The molecular formula is C30H42N6O2S. The lowest BCUT2D eigenvalue weighted by Crippen LogP contribution is -2.52. The zero-order valence-electron chi connectivity index (χ0n) is 23.7. The second-order valence-corrected chi connectivity index (χ2v) is 11.3. The number of aromatic nitrogens is 4. The number of aromatic amines is 1. The number of carbonyl (C=O) groups is 2. The van der Waals surface area contributed by atoms with Gasteiger partial charge in [0.05, 0.1) is 0 Å². The molecule has 0 saturated carbocycles. The molecule has 3 rings (SSSR count). The lowest BCUT2D eigenvalue weighted by Gasteiger charge is -2.35. The van der Waals surface area contributed by atoms with Crippen molar-refractivity contribution in [2.45, 2.75) is 73.0 Å². The molecule has 0 saturated heterocycles. The third-order valence-corrected chi connectivity index (χ3v) is 7.08. The van der Waals surface area contributed by atoms with Crippen LogP contribution in [0.1, 0.15) is 65.9 Å². The van der Waals surface area contributed by atoms with Gasteiger partial charge in [0.1, 0.15) is 6.17 Å². The molecule has 0 aliphatic heterocycles. The predicted molar refractivity (Wildman–Crippen MR) is 159 cm³/mol. The van der Waals surface area contributed by atoms with E-state index in [-0.39, 0.29) is 23.9 Å². The Bertz CT molecular complexity index is 1180. The molecule has 0 aliphatic carbocycles. The van der Waals surface area contributed by atoms with Gasteiger partial charge in [0.2, 0.25) is 17.6 Å². The zero-order valence-corrected chi connectivity index (χ0v) is 24.6. The van der Waals surface area contributed by atoms with Gasteiger partial charge < -0.3 is 10.2 Å². The minimum atomic E-state index is -0.385. The number of thiol groups is 1. The largest absolute Gasteiger partial charge is 0.336 e. The third-order valence-electron chi connectivity index (χ3n) is 6.64. The maximum Gasteiger partial charge on any atom is 0.225 e. The van der Waals surface area contributed by atoms with Gasteiger partial charge in [-0.2, -0.15) is 17.8 Å². The van der Waals surface area contributed by atoms with E-state index < -0.39 is 0 Å². The number of benzene rings is 2. The summed E-state index contributed by atoms with van der Waals surface area (Å²) in [5, 5.41) is 17.7. The van der Waals surface area contributed by atoms with Gasteiger partial charge in [-0.3, -0.25) is 9.59 Å². The standard InChI is InChI=1S/C30H42N6O2S/c1-6-9-28(37)36(27(17-21(4)5)31-30(38)24(19-39)16-20(2)3)18-22-12-14-23(15-13-22)25-10-7-8-11-26(25)29-32-34-35-33-29/h7-8,10-15,20-21,24,27,39H,6,9,16-19H2,1-5H3,(H,31,38)(H,32,33,34,35)/t24?,27-/m0/s1. The van der Waals surface area contributed by atoms with Crippen molar-refractivity contribution in [2.75, 3.05) is 5.75 Å². The van der Waals surface area contributed by atoms with Gasteiger partial charge in [-0.05, 0) is 53.0 Å². The summed E-state index contributed by atoms with van der Waals surface area (Å²) >= 11 is 4.44. The van der Waals surface area contributed by atoms with Crippen LogP contribution in [0.3, 0.4) is 0 Å². The number of rotatable bonds is 14. The molecular weight excluding hydrogens is 508 g/mol. The molecule has 8 nitrogen and oxygen atoms in total. The summed E-state index contributed by atoms with van der Waals surface area (Å²) in [5.41, 5.74) is 3.90. The molecule has 1 heterocycles. The van der Waals surface area contributed by atoms with Crippen molar-refractivity contribution < 1.29 is 9.59 Å². The van der Waals surface area contributed by atoms with E-state index in [1.165, 1.54) is 0 Å². The monoisotopic (exact) mass is 550 g/mol. The summed E-state index contributed by atoms with van der Waals surface area (Å²) in [6.07, 6.45) is 2.24. The number of carbonyl (C=O) groups excluding carboxylic acids is 2. The van der Waals surface area contributed by atoms with Crippen LogP contribution >= 0.6 is 12.6 Å². The van der Waals surface area contributed by atoms with Gasteiger partial charge >= 0.3 is 0 Å². The van der Waals surface area contributed by atoms with E-state index in [9.17, 15) is 9.59 Å². The van der Waals surface area contributed by atoms with Crippen LogP contribution < -0.4 is 5.32 Å². The fourth-order valence-electron chi connectivity index (χ4n) is 4.75. The molecule has 2 aromatic carbocycles. The molecule has 2 atom stereocenters. The van der Waals surface area contributed by atoms with E-state index in [4.69, 9.17) is 0 Å². The van der Waals surface area contributed by atoms with Gasteiger partial charge in [-0.15, -0.1) is 10.2 Å². The summed E-state index contributed by atoms with van der Waals surface area (Å²) < 4.78 is 0. The summed E-state index contributed by atoms with van der Waals surface area (Å²) in [7, 11) is 0. The van der Waals surface area contributed by atoms with Gasteiger partial charge in [0.15, 0.2) is 0 Å². The van der Waals surface area contributed by atoms with Crippen molar-refractivity contribution in [3.05, 3.63) is 54.1 Å². The van der Waals surface area contributed by atoms with Crippen LogP contribution in [0, 0.1) is 17.8 Å². The molecule has 1 aromatic heterocycles. The van der Waals surface area contributed by atoms with Crippen molar-refractivity contribution in [3.63, 3.8) is 0 Å². The molecule has 0 radical (unpaired) electrons. The first kappa shape index (κ1) is 30.3. The van der Waals surface area contributed by atoms with E-state index in [0.29, 0.717) is 42.8 Å². The Balaban J connectivity index is 1.86. The summed E-state index contributed by atoms with van der Waals surface area (Å²) in [5.74, 6) is 1.52. The first-order valence-electron chi connectivity index (χ1n) is 13.9. The molecule has 0 bridgehead atoms. The maximum absolute atomic E-state index is 13.4. The Hall–Kier alpha value is -3.20. The molecule has 0 fully saturated rings. The van der Waals surface area contributed by atoms with Crippen LogP contribution in [0.4, 0.5) is 0 Å². The van der Waals surface area contributed by atoms with E-state index in [2.05, 4.69) is 66.3 Å². The van der Waals surface area contributed by atoms with E-state index >= 15 is 0 Å². The summed E-state index contributed by atoms with van der Waals surface area (Å²) in [4.78, 5) is 28.5. The predicted octanol–water partition coefficient (Wildman–Crippen LogP) is 5.74. The number of nitrogens with zero attached hydrogens (tertiary/aromatic N) is 4. The first-order chi connectivity index (χ1) is 18.7. The van der Waals surface area contributed by atoms with Gasteiger partial charge in [-0.25, -0.2) is 0 Å². The highest BCUT2D eigenvalue weighted by Gasteiger charge is 2.28. The van der Waals surface area contributed by atoms with Gasteiger partial charge in [0.25, 0.3) is 0 Å². The van der Waals surface area contributed by atoms with Crippen molar-refractivity contribution in [1.82, 2.24) is 30.8 Å². The van der Waals surface area contributed by atoms with Crippen molar-refractivity contribution in [1.29, 1.82) is 0 Å². The van der Waals surface area contributed by atoms with Gasteiger partial charge in [0, 0.05) is 30.2 Å². The van der Waals surface area contributed by atoms with Crippen molar-refractivity contribution in [2.24, 2.45) is 17.8 Å². The number of hydrogen-bond acceptors (Lipinski definition) is 6. The SMILES string of the molecule is CCCC(=O)N(Cc1ccc(-c2ccccc2-c2nn[nH]n2)cc1)[C@@H](CC(C)C)NC(=O)C(CS)CC(C)C. The minimum Gasteiger partial charge on any atom is -0.336 e. The lowest BCUT2D eigenvalue weighted by atomic mass is 9.97. The number of amides is 2. The fourth-order valence-corrected chi connectivity index (χ4v) is 5.06. The second-order valence-electron chi connectivity index (χ2n) is 10.9.